The average molecular weight is 412 g/mol. The first-order valence-electron chi connectivity index (χ1n) is 7.91. The van der Waals surface area contributed by atoms with Gasteiger partial charge in [-0.25, -0.2) is 9.97 Å². The van der Waals surface area contributed by atoms with E-state index in [0.717, 1.165) is 6.26 Å². The van der Waals surface area contributed by atoms with Crippen molar-refractivity contribution in [3.63, 3.8) is 0 Å². The van der Waals surface area contributed by atoms with E-state index in [2.05, 4.69) is 14.2 Å². The van der Waals surface area contributed by atoms with Crippen molar-refractivity contribution in [2.45, 2.75) is 0 Å². The Hall–Kier alpha value is -2.89. The summed E-state index contributed by atoms with van der Waals surface area (Å²) >= 11 is 0. The fourth-order valence-corrected chi connectivity index (χ4v) is 1.95. The van der Waals surface area contributed by atoms with Crippen molar-refractivity contribution in [1.29, 1.82) is 0 Å². The molecule has 0 aromatic carbocycles. The molecule has 2 heterocycles. The molecule has 0 radical (unpaired) electrons. The summed E-state index contributed by atoms with van der Waals surface area (Å²) in [6.07, 6.45) is 5.12. The molecule has 1 N–H and O–H groups in total. The van der Waals surface area contributed by atoms with Crippen molar-refractivity contribution in [2.24, 2.45) is 0 Å². The topological polar surface area (TPSA) is 142 Å². The normalized spacial score (nSPS) is 10.4. The second-order valence-electron chi connectivity index (χ2n) is 5.04. The molecular weight excluding hydrogens is 392 g/mol. The molecule has 0 unspecified atom stereocenters. The van der Waals surface area contributed by atoms with Crippen LogP contribution in [0.4, 0.5) is 0 Å². The standard InChI is InChI=1S/C9H11NO5S.C8H9NO3/c1-16(12,13)15-5-4-14-9-3-2-8(7-11)6-10-9;10-3-4-12-8-2-1-7(6-11)5-9-8/h2-3,6-7H,4-5H2,1H3;1-2,5-6,10H,3-4H2. The first kappa shape index (κ1) is 23.1. The highest BCUT2D eigenvalue weighted by atomic mass is 32.2. The maximum Gasteiger partial charge on any atom is 0.264 e. The van der Waals surface area contributed by atoms with Crippen molar-refractivity contribution in [2.75, 3.05) is 32.7 Å². The molecule has 2 aromatic rings. The Morgan fingerprint density at radius 2 is 1.39 bits per heavy atom. The zero-order valence-electron chi connectivity index (χ0n) is 15.1. The Kier molecular flexibility index (Phi) is 10.3. The van der Waals surface area contributed by atoms with E-state index >= 15 is 0 Å². The number of pyridine rings is 2. The molecule has 0 bridgehead atoms. The van der Waals surface area contributed by atoms with Gasteiger partial charge in [0, 0.05) is 35.7 Å². The molecule has 28 heavy (non-hydrogen) atoms. The summed E-state index contributed by atoms with van der Waals surface area (Å²) in [5, 5.41) is 8.42. The van der Waals surface area contributed by atoms with Crippen LogP contribution in [0.5, 0.6) is 11.8 Å². The lowest BCUT2D eigenvalue weighted by atomic mass is 10.3. The van der Waals surface area contributed by atoms with Crippen LogP contribution < -0.4 is 9.47 Å². The number of nitrogens with zero attached hydrogens (tertiary/aromatic N) is 2. The first-order chi connectivity index (χ1) is 13.4. The molecular formula is C17H20N2O8S. The minimum Gasteiger partial charge on any atom is -0.475 e. The van der Waals surface area contributed by atoms with Crippen LogP contribution in [0.3, 0.4) is 0 Å². The minimum absolute atomic E-state index is 0.0445. The van der Waals surface area contributed by atoms with Crippen LogP contribution in [0.15, 0.2) is 36.7 Å². The highest BCUT2D eigenvalue weighted by molar-refractivity contribution is 7.85. The molecule has 2 aromatic heterocycles. The summed E-state index contributed by atoms with van der Waals surface area (Å²) in [6, 6.07) is 6.25. The van der Waals surface area contributed by atoms with Gasteiger partial charge in [0.05, 0.1) is 12.9 Å². The summed E-state index contributed by atoms with van der Waals surface area (Å²) in [5.41, 5.74) is 0.950. The summed E-state index contributed by atoms with van der Waals surface area (Å²) in [6.45, 7) is 0.168. The highest BCUT2D eigenvalue weighted by Gasteiger charge is 2.01. The van der Waals surface area contributed by atoms with Crippen LogP contribution in [0.1, 0.15) is 20.7 Å². The summed E-state index contributed by atoms with van der Waals surface area (Å²) in [5.74, 6) is 0.720. The maximum atomic E-state index is 10.6. The van der Waals surface area contributed by atoms with Gasteiger partial charge in [-0.1, -0.05) is 0 Å². The number of aliphatic hydroxyl groups is 1. The third-order valence-electron chi connectivity index (χ3n) is 2.76. The highest BCUT2D eigenvalue weighted by Crippen LogP contribution is 2.06. The third-order valence-corrected chi connectivity index (χ3v) is 3.36. The lowest BCUT2D eigenvalue weighted by molar-refractivity contribution is 0.111. The molecule has 152 valence electrons. The van der Waals surface area contributed by atoms with E-state index in [1.54, 1.807) is 18.2 Å². The Morgan fingerprint density at radius 3 is 1.75 bits per heavy atom. The predicted molar refractivity (Wildman–Crippen MR) is 98.1 cm³/mol. The first-order valence-corrected chi connectivity index (χ1v) is 9.73. The van der Waals surface area contributed by atoms with Crippen molar-refractivity contribution in [3.05, 3.63) is 47.8 Å². The molecule has 0 aliphatic carbocycles. The molecule has 10 nitrogen and oxygen atoms in total. The average Bonchev–Trinajstić information content (AvgIpc) is 2.70. The van der Waals surface area contributed by atoms with Crippen LogP contribution in [0.2, 0.25) is 0 Å². The summed E-state index contributed by atoms with van der Waals surface area (Å²) < 4.78 is 35.7. The monoisotopic (exact) mass is 412 g/mol. The second-order valence-corrected chi connectivity index (χ2v) is 6.69. The maximum absolute atomic E-state index is 10.6. The van der Waals surface area contributed by atoms with Gasteiger partial charge in [-0.3, -0.25) is 13.8 Å². The van der Waals surface area contributed by atoms with E-state index < -0.39 is 10.1 Å². The SMILES string of the molecule is CS(=O)(=O)OCCOc1ccc(C=O)cn1.O=Cc1ccc(OCCO)nc1. The number of aromatic nitrogens is 2. The van der Waals surface area contributed by atoms with Gasteiger partial charge < -0.3 is 14.6 Å². The van der Waals surface area contributed by atoms with Gasteiger partial charge in [0.1, 0.15) is 19.8 Å². The number of carbonyl (C=O) groups excluding carboxylic acids is 2. The zero-order valence-corrected chi connectivity index (χ0v) is 15.9. The van der Waals surface area contributed by atoms with Gasteiger partial charge in [0.15, 0.2) is 12.6 Å². The van der Waals surface area contributed by atoms with Gasteiger partial charge in [-0.2, -0.15) is 8.42 Å². The van der Waals surface area contributed by atoms with Gasteiger partial charge in [0.25, 0.3) is 10.1 Å². The van der Waals surface area contributed by atoms with E-state index in [1.807, 2.05) is 0 Å². The molecule has 0 fully saturated rings. The Morgan fingerprint density at radius 1 is 0.893 bits per heavy atom. The summed E-state index contributed by atoms with van der Waals surface area (Å²) in [7, 11) is -3.44. The zero-order chi connectivity index (χ0) is 20.8. The molecule has 0 saturated carbocycles. The fraction of sp³-hybridized carbons (Fsp3) is 0.294. The molecule has 11 heteroatoms. The van der Waals surface area contributed by atoms with Crippen molar-refractivity contribution in [3.8, 4) is 11.8 Å². The lowest BCUT2D eigenvalue weighted by Crippen LogP contribution is -2.11. The van der Waals surface area contributed by atoms with E-state index in [4.69, 9.17) is 14.6 Å². The second kappa shape index (κ2) is 12.5. The quantitative estimate of drug-likeness (QED) is 0.333. The molecule has 0 amide bonds. The van der Waals surface area contributed by atoms with Crippen LogP contribution in [0, 0.1) is 0 Å². The number of carbonyl (C=O) groups is 2. The van der Waals surface area contributed by atoms with Crippen molar-refractivity contribution >= 4 is 22.7 Å². The number of ether oxygens (including phenoxy) is 2. The Labute approximate surface area is 162 Å². The van der Waals surface area contributed by atoms with E-state index in [0.29, 0.717) is 35.5 Å². The lowest BCUT2D eigenvalue weighted by Gasteiger charge is -2.04. The molecule has 0 aliphatic rings. The van der Waals surface area contributed by atoms with Crippen molar-refractivity contribution in [1.82, 2.24) is 9.97 Å². The minimum atomic E-state index is -3.44. The van der Waals surface area contributed by atoms with Gasteiger partial charge in [-0.05, 0) is 12.1 Å². The van der Waals surface area contributed by atoms with Gasteiger partial charge >= 0.3 is 0 Å². The number of aldehydes is 2. The third kappa shape index (κ3) is 10.3. The van der Waals surface area contributed by atoms with E-state index in [-0.39, 0.29) is 26.4 Å². The Balaban J connectivity index is 0.000000292. The van der Waals surface area contributed by atoms with Gasteiger partial charge in [-0.15, -0.1) is 0 Å². The number of rotatable bonds is 10. The fourth-order valence-electron chi connectivity index (χ4n) is 1.58. The number of hydrogen-bond donors (Lipinski definition) is 1. The molecule has 0 saturated heterocycles. The van der Waals surface area contributed by atoms with Crippen LogP contribution >= 0.6 is 0 Å². The molecule has 0 spiro atoms. The van der Waals surface area contributed by atoms with Crippen molar-refractivity contribution < 1.29 is 36.8 Å². The van der Waals surface area contributed by atoms with Gasteiger partial charge in [0.2, 0.25) is 11.8 Å². The summed E-state index contributed by atoms with van der Waals surface area (Å²) in [4.78, 5) is 28.2. The number of aliphatic hydroxyl groups excluding tert-OH is 1. The predicted octanol–water partition coefficient (Wildman–Crippen LogP) is 0.514. The van der Waals surface area contributed by atoms with Crippen LogP contribution in [-0.4, -0.2) is 68.7 Å². The molecule has 0 aliphatic heterocycles. The number of hydrogen-bond acceptors (Lipinski definition) is 10. The van der Waals surface area contributed by atoms with E-state index in [9.17, 15) is 18.0 Å². The van der Waals surface area contributed by atoms with Crippen LogP contribution in [0.25, 0.3) is 0 Å². The smallest absolute Gasteiger partial charge is 0.264 e. The Bertz CT molecular complexity index is 823. The molecule has 2 rings (SSSR count). The van der Waals surface area contributed by atoms with E-state index in [1.165, 1.54) is 18.5 Å². The largest absolute Gasteiger partial charge is 0.475 e. The van der Waals surface area contributed by atoms with Crippen LogP contribution in [-0.2, 0) is 14.3 Å². The molecule has 0 atom stereocenters.